The van der Waals surface area contributed by atoms with E-state index in [2.05, 4.69) is 10.6 Å². The van der Waals surface area contributed by atoms with Crippen molar-refractivity contribution in [3.05, 3.63) is 71.8 Å². The molecule has 24 heavy (non-hydrogen) atoms. The summed E-state index contributed by atoms with van der Waals surface area (Å²) in [6, 6.07) is 14.0. The number of carbonyl (C=O) groups is 1. The lowest BCUT2D eigenvalue weighted by Crippen LogP contribution is -2.33. The molecule has 0 fully saturated rings. The van der Waals surface area contributed by atoms with E-state index in [1.54, 1.807) is 18.2 Å². The maximum atomic E-state index is 12.9. The van der Waals surface area contributed by atoms with Gasteiger partial charge in [-0.3, -0.25) is 10.1 Å². The van der Waals surface area contributed by atoms with Crippen molar-refractivity contribution in [2.75, 3.05) is 5.32 Å². The van der Waals surface area contributed by atoms with E-state index < -0.39 is 17.6 Å². The third-order valence-electron chi connectivity index (χ3n) is 2.94. The van der Waals surface area contributed by atoms with E-state index >= 15 is 0 Å². The Morgan fingerprint density at radius 2 is 1.62 bits per heavy atom. The average Bonchev–Trinajstić information content (AvgIpc) is 2.53. The number of hydrogen-bond acceptors (Lipinski definition) is 2. The van der Waals surface area contributed by atoms with Gasteiger partial charge < -0.3 is 5.32 Å². The van der Waals surface area contributed by atoms with Crippen LogP contribution in [0.1, 0.15) is 11.1 Å². The Hall–Kier alpha value is -2.67. The number of anilines is 1. The lowest BCUT2D eigenvalue weighted by Gasteiger charge is -2.14. The standard InChI is InChI=1S/C17H13F3N2OS/c18-17(19,20)13-8-4-5-9-14(13)21-16(24)22-15(23)11-10-12-6-2-1-3-7-12/h1-11H,(H2,21,22,23,24). The maximum absolute atomic E-state index is 12.9. The first-order chi connectivity index (χ1) is 11.4. The van der Waals surface area contributed by atoms with Gasteiger partial charge in [-0.25, -0.2) is 0 Å². The summed E-state index contributed by atoms with van der Waals surface area (Å²) in [5, 5.41) is 4.48. The molecule has 0 unspecified atom stereocenters. The summed E-state index contributed by atoms with van der Waals surface area (Å²) in [6.07, 6.45) is -1.70. The normalized spacial score (nSPS) is 11.3. The minimum absolute atomic E-state index is 0.214. The predicted octanol–water partition coefficient (Wildman–Crippen LogP) is 4.23. The quantitative estimate of drug-likeness (QED) is 0.643. The molecule has 0 atom stereocenters. The summed E-state index contributed by atoms with van der Waals surface area (Å²) in [7, 11) is 0. The van der Waals surface area contributed by atoms with Crippen molar-refractivity contribution < 1.29 is 18.0 Å². The third kappa shape index (κ3) is 5.20. The SMILES string of the molecule is O=C(C=Cc1ccccc1)NC(=S)Nc1ccccc1C(F)(F)F. The van der Waals surface area contributed by atoms with Crippen LogP contribution >= 0.6 is 12.2 Å². The molecule has 0 bridgehead atoms. The molecule has 0 aliphatic heterocycles. The van der Waals surface area contributed by atoms with Gasteiger partial charge in [-0.05, 0) is 36.0 Å². The summed E-state index contributed by atoms with van der Waals surface area (Å²) in [4.78, 5) is 11.8. The molecule has 2 rings (SSSR count). The Labute approximate surface area is 142 Å². The summed E-state index contributed by atoms with van der Waals surface area (Å²) in [6.45, 7) is 0. The number of benzene rings is 2. The van der Waals surface area contributed by atoms with Crippen molar-refractivity contribution in [3.63, 3.8) is 0 Å². The fourth-order valence-corrected chi connectivity index (χ4v) is 2.09. The monoisotopic (exact) mass is 350 g/mol. The van der Waals surface area contributed by atoms with Crippen molar-refractivity contribution in [1.29, 1.82) is 0 Å². The van der Waals surface area contributed by atoms with Crippen LogP contribution in [0.2, 0.25) is 0 Å². The first-order valence-corrected chi connectivity index (χ1v) is 7.28. The Morgan fingerprint density at radius 1 is 1.00 bits per heavy atom. The Kier molecular flexibility index (Phi) is 5.70. The second-order valence-corrected chi connectivity index (χ2v) is 5.14. The molecule has 2 aromatic rings. The van der Waals surface area contributed by atoms with Gasteiger partial charge in [0, 0.05) is 6.08 Å². The first kappa shape index (κ1) is 17.7. The number of hydrogen-bond donors (Lipinski definition) is 2. The second-order valence-electron chi connectivity index (χ2n) is 4.73. The molecule has 0 radical (unpaired) electrons. The molecule has 0 spiro atoms. The van der Waals surface area contributed by atoms with Crippen molar-refractivity contribution in [3.8, 4) is 0 Å². The van der Waals surface area contributed by atoms with Gasteiger partial charge in [0.2, 0.25) is 5.91 Å². The predicted molar refractivity (Wildman–Crippen MR) is 91.3 cm³/mol. The zero-order valence-electron chi connectivity index (χ0n) is 12.3. The van der Waals surface area contributed by atoms with Crippen LogP contribution in [0.15, 0.2) is 60.7 Å². The number of para-hydroxylation sites is 1. The first-order valence-electron chi connectivity index (χ1n) is 6.87. The number of amides is 1. The van der Waals surface area contributed by atoms with Gasteiger partial charge in [-0.15, -0.1) is 0 Å². The fourth-order valence-electron chi connectivity index (χ4n) is 1.88. The molecule has 3 nitrogen and oxygen atoms in total. The molecular weight excluding hydrogens is 337 g/mol. The Balaban J connectivity index is 1.99. The summed E-state index contributed by atoms with van der Waals surface area (Å²) >= 11 is 4.88. The molecule has 124 valence electrons. The topological polar surface area (TPSA) is 41.1 Å². The summed E-state index contributed by atoms with van der Waals surface area (Å²) in [5.74, 6) is -0.541. The molecule has 0 aliphatic carbocycles. The van der Waals surface area contributed by atoms with Crippen molar-refractivity contribution in [2.24, 2.45) is 0 Å². The van der Waals surface area contributed by atoms with Gasteiger partial charge in [-0.1, -0.05) is 42.5 Å². The third-order valence-corrected chi connectivity index (χ3v) is 3.15. The highest BCUT2D eigenvalue weighted by atomic mass is 32.1. The van der Waals surface area contributed by atoms with Crippen LogP contribution in [0, 0.1) is 0 Å². The van der Waals surface area contributed by atoms with E-state index in [0.717, 1.165) is 11.6 Å². The van der Waals surface area contributed by atoms with Crippen LogP contribution in [0.25, 0.3) is 6.08 Å². The van der Waals surface area contributed by atoms with Gasteiger partial charge in [-0.2, -0.15) is 13.2 Å². The van der Waals surface area contributed by atoms with E-state index in [1.807, 2.05) is 18.2 Å². The largest absolute Gasteiger partial charge is 0.418 e. The van der Waals surface area contributed by atoms with Crippen LogP contribution in [-0.2, 0) is 11.0 Å². The van der Waals surface area contributed by atoms with Crippen molar-refractivity contribution >= 4 is 35.0 Å². The molecule has 0 heterocycles. The van der Waals surface area contributed by atoms with Gasteiger partial charge in [0.15, 0.2) is 5.11 Å². The van der Waals surface area contributed by atoms with E-state index in [1.165, 1.54) is 24.3 Å². The van der Waals surface area contributed by atoms with Crippen molar-refractivity contribution in [1.82, 2.24) is 5.32 Å². The summed E-state index contributed by atoms with van der Waals surface area (Å²) in [5.41, 5.74) is -0.266. The smallest absolute Gasteiger partial charge is 0.332 e. The molecule has 7 heteroatoms. The van der Waals surface area contributed by atoms with Crippen LogP contribution < -0.4 is 10.6 Å². The number of halogens is 3. The molecular formula is C17H13F3N2OS. The van der Waals surface area contributed by atoms with Crippen LogP contribution in [0.3, 0.4) is 0 Å². The molecule has 0 aliphatic rings. The lowest BCUT2D eigenvalue weighted by atomic mass is 10.1. The van der Waals surface area contributed by atoms with E-state index in [-0.39, 0.29) is 10.8 Å². The van der Waals surface area contributed by atoms with Crippen LogP contribution in [0.5, 0.6) is 0 Å². The molecule has 1 amide bonds. The zero-order valence-corrected chi connectivity index (χ0v) is 13.1. The number of thiocarbonyl (C=S) groups is 1. The van der Waals surface area contributed by atoms with E-state index in [0.29, 0.717) is 0 Å². The zero-order chi connectivity index (χ0) is 17.6. The highest BCUT2D eigenvalue weighted by Crippen LogP contribution is 2.34. The van der Waals surface area contributed by atoms with Gasteiger partial charge in [0.1, 0.15) is 0 Å². The van der Waals surface area contributed by atoms with E-state index in [4.69, 9.17) is 12.2 Å². The Morgan fingerprint density at radius 3 is 2.29 bits per heavy atom. The van der Waals surface area contributed by atoms with Gasteiger partial charge in [0.05, 0.1) is 11.3 Å². The van der Waals surface area contributed by atoms with Gasteiger partial charge >= 0.3 is 6.18 Å². The van der Waals surface area contributed by atoms with Crippen LogP contribution in [-0.4, -0.2) is 11.0 Å². The minimum Gasteiger partial charge on any atom is -0.332 e. The van der Waals surface area contributed by atoms with Crippen LogP contribution in [0.4, 0.5) is 18.9 Å². The molecule has 0 saturated heterocycles. The number of nitrogens with one attached hydrogen (secondary N) is 2. The summed E-state index contributed by atoms with van der Waals surface area (Å²) < 4.78 is 38.7. The highest BCUT2D eigenvalue weighted by Gasteiger charge is 2.33. The van der Waals surface area contributed by atoms with Crippen molar-refractivity contribution in [2.45, 2.75) is 6.18 Å². The molecule has 2 N–H and O–H groups in total. The number of alkyl halides is 3. The molecule has 0 saturated carbocycles. The molecule has 2 aromatic carbocycles. The Bertz CT molecular complexity index is 758. The maximum Gasteiger partial charge on any atom is 0.418 e. The number of rotatable bonds is 3. The number of carbonyl (C=O) groups excluding carboxylic acids is 1. The highest BCUT2D eigenvalue weighted by molar-refractivity contribution is 7.80. The second kappa shape index (κ2) is 7.74. The van der Waals surface area contributed by atoms with E-state index in [9.17, 15) is 18.0 Å². The van der Waals surface area contributed by atoms with Gasteiger partial charge in [0.25, 0.3) is 0 Å². The minimum atomic E-state index is -4.52. The fraction of sp³-hybridized carbons (Fsp3) is 0.0588. The molecule has 0 aromatic heterocycles. The average molecular weight is 350 g/mol. The lowest BCUT2D eigenvalue weighted by molar-refractivity contribution is -0.136.